The number of aromatic amines is 1. The van der Waals surface area contributed by atoms with E-state index in [1.807, 2.05) is 0 Å². The highest BCUT2D eigenvalue weighted by Gasteiger charge is 2.19. The normalized spacial score (nSPS) is 21.7. The first-order valence-corrected chi connectivity index (χ1v) is 4.74. The molecule has 1 saturated heterocycles. The maximum Gasteiger partial charge on any atom is 0.0485 e. The Balaban J connectivity index is 2.10. The number of para-hydroxylation sites is 1. The SMILES string of the molecule is c1ccc2[nH]c(C3CCN3)cc2c1. The Hall–Kier alpha value is -1.28. The van der Waals surface area contributed by atoms with E-state index in [-0.39, 0.29) is 0 Å². The van der Waals surface area contributed by atoms with E-state index in [0.29, 0.717) is 6.04 Å². The zero-order valence-corrected chi connectivity index (χ0v) is 7.38. The van der Waals surface area contributed by atoms with Crippen molar-refractivity contribution in [3.63, 3.8) is 0 Å². The van der Waals surface area contributed by atoms with Crippen molar-refractivity contribution < 1.29 is 0 Å². The van der Waals surface area contributed by atoms with Gasteiger partial charge in [0.15, 0.2) is 0 Å². The number of nitrogens with one attached hydrogen (secondary N) is 2. The summed E-state index contributed by atoms with van der Waals surface area (Å²) in [5.41, 5.74) is 2.57. The van der Waals surface area contributed by atoms with Gasteiger partial charge in [0.2, 0.25) is 0 Å². The summed E-state index contributed by atoms with van der Waals surface area (Å²) in [5, 5.41) is 4.70. The molecule has 0 saturated carbocycles. The minimum atomic E-state index is 0.562. The molecule has 2 heteroatoms. The highest BCUT2D eigenvalue weighted by molar-refractivity contribution is 5.80. The monoisotopic (exact) mass is 172 g/mol. The van der Waals surface area contributed by atoms with Crippen LogP contribution in [0.4, 0.5) is 0 Å². The molecule has 1 fully saturated rings. The zero-order valence-electron chi connectivity index (χ0n) is 7.38. The first-order valence-electron chi connectivity index (χ1n) is 4.74. The van der Waals surface area contributed by atoms with Crippen LogP contribution in [-0.2, 0) is 0 Å². The molecule has 2 N–H and O–H groups in total. The van der Waals surface area contributed by atoms with E-state index >= 15 is 0 Å². The Morgan fingerprint density at radius 1 is 1.23 bits per heavy atom. The standard InChI is InChI=1S/C11H12N2/c1-2-4-9-8(3-1)7-11(13-9)10-5-6-12-10/h1-4,7,10,12-13H,5-6H2. The van der Waals surface area contributed by atoms with Crippen molar-refractivity contribution in [3.05, 3.63) is 36.0 Å². The summed E-state index contributed by atoms with van der Waals surface area (Å²) < 4.78 is 0. The zero-order chi connectivity index (χ0) is 8.67. The third-order valence-corrected chi connectivity index (χ3v) is 2.75. The van der Waals surface area contributed by atoms with Crippen molar-refractivity contribution in [1.29, 1.82) is 0 Å². The fourth-order valence-corrected chi connectivity index (χ4v) is 1.84. The van der Waals surface area contributed by atoms with Crippen LogP contribution in [0.25, 0.3) is 10.9 Å². The van der Waals surface area contributed by atoms with E-state index in [0.717, 1.165) is 6.54 Å². The number of rotatable bonds is 1. The molecule has 0 bridgehead atoms. The summed E-state index contributed by atoms with van der Waals surface area (Å²) in [6, 6.07) is 11.2. The quantitative estimate of drug-likeness (QED) is 0.678. The molecule has 1 atom stereocenters. The van der Waals surface area contributed by atoms with Crippen LogP contribution in [0.3, 0.4) is 0 Å². The molecule has 0 spiro atoms. The second-order valence-electron chi connectivity index (χ2n) is 3.61. The summed E-state index contributed by atoms with van der Waals surface area (Å²) in [5.74, 6) is 0. The van der Waals surface area contributed by atoms with Crippen LogP contribution in [0.15, 0.2) is 30.3 Å². The molecule has 0 amide bonds. The van der Waals surface area contributed by atoms with Crippen LogP contribution >= 0.6 is 0 Å². The molecule has 0 aliphatic carbocycles. The number of aromatic nitrogens is 1. The van der Waals surface area contributed by atoms with Gasteiger partial charge in [0, 0.05) is 17.3 Å². The number of hydrogen-bond acceptors (Lipinski definition) is 1. The van der Waals surface area contributed by atoms with Gasteiger partial charge in [0.1, 0.15) is 0 Å². The first-order chi connectivity index (χ1) is 6.43. The lowest BCUT2D eigenvalue weighted by molar-refractivity contribution is 0.377. The Bertz CT molecular complexity index is 393. The minimum absolute atomic E-state index is 0.562. The predicted molar refractivity (Wildman–Crippen MR) is 53.7 cm³/mol. The average molecular weight is 172 g/mol. The molecule has 3 rings (SSSR count). The van der Waals surface area contributed by atoms with Gasteiger partial charge in [0.25, 0.3) is 0 Å². The highest BCUT2D eigenvalue weighted by atomic mass is 15.0. The lowest BCUT2D eigenvalue weighted by Crippen LogP contribution is -2.35. The van der Waals surface area contributed by atoms with E-state index in [1.54, 1.807) is 0 Å². The molecule has 66 valence electrons. The van der Waals surface area contributed by atoms with E-state index in [1.165, 1.54) is 23.0 Å². The lowest BCUT2D eigenvalue weighted by atomic mass is 10.0. The Labute approximate surface area is 77.0 Å². The Morgan fingerprint density at radius 3 is 2.77 bits per heavy atom. The molecule has 1 aliphatic heterocycles. The minimum Gasteiger partial charge on any atom is -0.357 e. The van der Waals surface area contributed by atoms with Crippen molar-refractivity contribution in [3.8, 4) is 0 Å². The van der Waals surface area contributed by atoms with Gasteiger partial charge in [-0.2, -0.15) is 0 Å². The average Bonchev–Trinajstić information content (AvgIpc) is 2.43. The molecule has 1 unspecified atom stereocenters. The largest absolute Gasteiger partial charge is 0.357 e. The molecule has 1 aromatic heterocycles. The predicted octanol–water partition coefficient (Wildman–Crippen LogP) is 2.20. The van der Waals surface area contributed by atoms with Crippen molar-refractivity contribution in [2.45, 2.75) is 12.5 Å². The number of benzene rings is 1. The fraction of sp³-hybridized carbons (Fsp3) is 0.273. The van der Waals surface area contributed by atoms with Gasteiger partial charge in [-0.05, 0) is 30.5 Å². The molecular formula is C11H12N2. The van der Waals surface area contributed by atoms with Gasteiger partial charge in [0.05, 0.1) is 0 Å². The molecular weight excluding hydrogens is 160 g/mol. The van der Waals surface area contributed by atoms with Gasteiger partial charge in [-0.15, -0.1) is 0 Å². The topological polar surface area (TPSA) is 27.8 Å². The van der Waals surface area contributed by atoms with Crippen LogP contribution in [-0.4, -0.2) is 11.5 Å². The van der Waals surface area contributed by atoms with Gasteiger partial charge >= 0.3 is 0 Å². The van der Waals surface area contributed by atoms with Crippen LogP contribution < -0.4 is 5.32 Å². The van der Waals surface area contributed by atoms with Crippen molar-refractivity contribution >= 4 is 10.9 Å². The molecule has 2 nitrogen and oxygen atoms in total. The molecule has 0 radical (unpaired) electrons. The summed E-state index contributed by atoms with van der Waals surface area (Å²) in [4.78, 5) is 3.44. The van der Waals surface area contributed by atoms with Crippen molar-refractivity contribution in [1.82, 2.24) is 10.3 Å². The number of H-pyrrole nitrogens is 1. The maximum absolute atomic E-state index is 3.44. The van der Waals surface area contributed by atoms with Crippen LogP contribution in [0, 0.1) is 0 Å². The molecule has 13 heavy (non-hydrogen) atoms. The maximum atomic E-state index is 3.44. The second-order valence-corrected chi connectivity index (χ2v) is 3.61. The summed E-state index contributed by atoms with van der Waals surface area (Å²) in [6.07, 6.45) is 1.26. The number of fused-ring (bicyclic) bond motifs is 1. The van der Waals surface area contributed by atoms with Gasteiger partial charge in [-0.3, -0.25) is 0 Å². The summed E-state index contributed by atoms with van der Waals surface area (Å²) in [7, 11) is 0. The van der Waals surface area contributed by atoms with Crippen molar-refractivity contribution in [2.24, 2.45) is 0 Å². The third-order valence-electron chi connectivity index (χ3n) is 2.75. The van der Waals surface area contributed by atoms with Crippen molar-refractivity contribution in [2.75, 3.05) is 6.54 Å². The Morgan fingerprint density at radius 2 is 2.08 bits per heavy atom. The van der Waals surface area contributed by atoms with E-state index in [2.05, 4.69) is 40.6 Å². The molecule has 1 aliphatic rings. The highest BCUT2D eigenvalue weighted by Crippen LogP contribution is 2.25. The van der Waals surface area contributed by atoms with Gasteiger partial charge < -0.3 is 10.3 Å². The lowest BCUT2D eigenvalue weighted by Gasteiger charge is -2.26. The third kappa shape index (κ3) is 1.06. The Kier molecular flexibility index (Phi) is 1.43. The van der Waals surface area contributed by atoms with Gasteiger partial charge in [-0.1, -0.05) is 18.2 Å². The summed E-state index contributed by atoms with van der Waals surface area (Å²) in [6.45, 7) is 1.15. The fourth-order valence-electron chi connectivity index (χ4n) is 1.84. The smallest absolute Gasteiger partial charge is 0.0485 e. The van der Waals surface area contributed by atoms with Crippen LogP contribution in [0.2, 0.25) is 0 Å². The number of hydrogen-bond donors (Lipinski definition) is 2. The second kappa shape index (κ2) is 2.60. The van der Waals surface area contributed by atoms with Crippen LogP contribution in [0.1, 0.15) is 18.2 Å². The van der Waals surface area contributed by atoms with E-state index in [9.17, 15) is 0 Å². The van der Waals surface area contributed by atoms with E-state index in [4.69, 9.17) is 0 Å². The summed E-state index contributed by atoms with van der Waals surface area (Å²) >= 11 is 0. The molecule has 1 aromatic carbocycles. The molecule has 2 aromatic rings. The van der Waals surface area contributed by atoms with E-state index < -0.39 is 0 Å². The van der Waals surface area contributed by atoms with Crippen LogP contribution in [0.5, 0.6) is 0 Å². The van der Waals surface area contributed by atoms with Gasteiger partial charge in [-0.25, -0.2) is 0 Å². The molecule has 2 heterocycles. The first kappa shape index (κ1) is 7.15.